The van der Waals surface area contributed by atoms with E-state index in [4.69, 9.17) is 0 Å². The second-order valence-corrected chi connectivity index (χ2v) is 8.42. The van der Waals surface area contributed by atoms with E-state index in [2.05, 4.69) is 43.9 Å². The third kappa shape index (κ3) is 4.82. The highest BCUT2D eigenvalue weighted by molar-refractivity contribution is 7.99. The highest BCUT2D eigenvalue weighted by Crippen LogP contribution is 2.41. The van der Waals surface area contributed by atoms with Gasteiger partial charge >= 0.3 is 0 Å². The van der Waals surface area contributed by atoms with Crippen molar-refractivity contribution in [1.29, 1.82) is 0 Å². The second-order valence-electron chi connectivity index (χ2n) is 7.43. The molecule has 0 aliphatic heterocycles. The molecule has 0 unspecified atom stereocenters. The fraction of sp³-hybridized carbons (Fsp3) is 0.364. The van der Waals surface area contributed by atoms with Gasteiger partial charge in [-0.2, -0.15) is 0 Å². The first-order chi connectivity index (χ1) is 13.7. The summed E-state index contributed by atoms with van der Waals surface area (Å²) in [7, 11) is 2.04. The van der Waals surface area contributed by atoms with E-state index in [1.807, 2.05) is 43.4 Å². The zero-order valence-electron chi connectivity index (χ0n) is 16.1. The van der Waals surface area contributed by atoms with E-state index in [-0.39, 0.29) is 0 Å². The summed E-state index contributed by atoms with van der Waals surface area (Å²) in [5.41, 5.74) is 2.34. The molecule has 3 aromatic rings. The number of nitrogens with zero attached hydrogens (tertiary/aromatic N) is 4. The van der Waals surface area contributed by atoms with Gasteiger partial charge in [-0.05, 0) is 37.6 Å². The lowest BCUT2D eigenvalue weighted by molar-refractivity contribution is 0.142. The topological polar surface area (TPSA) is 54.2 Å². The molecule has 1 saturated carbocycles. The van der Waals surface area contributed by atoms with E-state index in [0.717, 1.165) is 23.2 Å². The molecule has 0 saturated heterocycles. The molecule has 1 aliphatic carbocycles. The molecule has 1 N–H and O–H groups in total. The lowest BCUT2D eigenvalue weighted by atomic mass is 10.2. The van der Waals surface area contributed by atoms with Gasteiger partial charge in [0.1, 0.15) is 5.82 Å². The fourth-order valence-corrected chi connectivity index (χ4v) is 4.22. The molecule has 28 heavy (non-hydrogen) atoms. The van der Waals surface area contributed by atoms with Gasteiger partial charge in [-0.15, -0.1) is 10.2 Å². The fourth-order valence-electron chi connectivity index (χ4n) is 3.34. The summed E-state index contributed by atoms with van der Waals surface area (Å²) < 4.78 is 2.16. The standard InChI is InChI=1S/C22H26N4OS/c1-25(14-17-8-4-2-5-9-17)15-20(27)16-28-22-24-23-21(18-12-13-18)26(22)19-10-6-3-7-11-19/h2-11,18,20,27H,12-16H2,1H3/t20-/m0/s1. The molecule has 1 atom stereocenters. The Balaban J connectivity index is 1.38. The number of rotatable bonds is 9. The lowest BCUT2D eigenvalue weighted by Crippen LogP contribution is -2.30. The summed E-state index contributed by atoms with van der Waals surface area (Å²) in [6.45, 7) is 1.45. The Hall–Kier alpha value is -2.15. The van der Waals surface area contributed by atoms with Gasteiger partial charge in [-0.3, -0.25) is 9.47 Å². The van der Waals surface area contributed by atoms with E-state index in [9.17, 15) is 5.11 Å². The van der Waals surface area contributed by atoms with Crippen LogP contribution in [-0.2, 0) is 6.54 Å². The van der Waals surface area contributed by atoms with Gasteiger partial charge in [0.2, 0.25) is 0 Å². The van der Waals surface area contributed by atoms with Crippen LogP contribution < -0.4 is 0 Å². The molecule has 0 amide bonds. The van der Waals surface area contributed by atoms with Crippen molar-refractivity contribution in [2.75, 3.05) is 19.3 Å². The van der Waals surface area contributed by atoms with Crippen LogP contribution in [0.15, 0.2) is 65.8 Å². The summed E-state index contributed by atoms with van der Waals surface area (Å²) in [6, 6.07) is 20.6. The Morgan fingerprint density at radius 3 is 2.43 bits per heavy atom. The summed E-state index contributed by atoms with van der Waals surface area (Å²) in [5, 5.41) is 20.3. The molecule has 2 aromatic carbocycles. The van der Waals surface area contributed by atoms with Crippen LogP contribution in [0.3, 0.4) is 0 Å². The van der Waals surface area contributed by atoms with Crippen molar-refractivity contribution in [1.82, 2.24) is 19.7 Å². The molecule has 6 heteroatoms. The number of aliphatic hydroxyl groups excluding tert-OH is 1. The minimum absolute atomic E-state index is 0.427. The van der Waals surface area contributed by atoms with Gasteiger partial charge < -0.3 is 5.11 Å². The molecule has 5 nitrogen and oxygen atoms in total. The van der Waals surface area contributed by atoms with Gasteiger partial charge in [-0.25, -0.2) is 0 Å². The second kappa shape index (κ2) is 8.90. The summed E-state index contributed by atoms with van der Waals surface area (Å²) in [6.07, 6.45) is 1.94. The quantitative estimate of drug-likeness (QED) is 0.561. The molecule has 0 spiro atoms. The maximum absolute atomic E-state index is 10.5. The Bertz CT molecular complexity index is 880. The summed E-state index contributed by atoms with van der Waals surface area (Å²) in [4.78, 5) is 2.15. The van der Waals surface area contributed by atoms with Crippen LogP contribution in [0.4, 0.5) is 0 Å². The van der Waals surface area contributed by atoms with Crippen LogP contribution in [0.25, 0.3) is 5.69 Å². The third-order valence-electron chi connectivity index (χ3n) is 4.84. The maximum Gasteiger partial charge on any atom is 0.195 e. The summed E-state index contributed by atoms with van der Waals surface area (Å²) >= 11 is 1.58. The molecule has 0 radical (unpaired) electrons. The molecule has 0 bridgehead atoms. The van der Waals surface area contributed by atoms with Crippen LogP contribution in [0.1, 0.15) is 30.1 Å². The predicted octanol–water partition coefficient (Wildman–Crippen LogP) is 3.73. The number of hydrogen-bond donors (Lipinski definition) is 1. The number of benzene rings is 2. The zero-order chi connectivity index (χ0) is 19.3. The molecular weight excluding hydrogens is 368 g/mol. The van der Waals surface area contributed by atoms with Crippen molar-refractivity contribution in [3.63, 3.8) is 0 Å². The Morgan fingerprint density at radius 2 is 1.75 bits per heavy atom. The minimum Gasteiger partial charge on any atom is -0.391 e. The smallest absolute Gasteiger partial charge is 0.195 e. The number of para-hydroxylation sites is 1. The number of thioether (sulfide) groups is 1. The van der Waals surface area contributed by atoms with Crippen molar-refractivity contribution in [2.45, 2.75) is 36.6 Å². The van der Waals surface area contributed by atoms with Gasteiger partial charge in [0, 0.05) is 30.4 Å². The first-order valence-corrected chi connectivity index (χ1v) is 10.7. The third-order valence-corrected chi connectivity index (χ3v) is 5.91. The van der Waals surface area contributed by atoms with Gasteiger partial charge in [0.15, 0.2) is 5.16 Å². The molecular formula is C22H26N4OS. The van der Waals surface area contributed by atoms with Crippen molar-refractivity contribution in [2.24, 2.45) is 0 Å². The highest BCUT2D eigenvalue weighted by atomic mass is 32.2. The SMILES string of the molecule is CN(Cc1ccccc1)C[C@H](O)CSc1nnc(C2CC2)n1-c1ccccc1. The average Bonchev–Trinajstić information content (AvgIpc) is 3.47. The van der Waals surface area contributed by atoms with Crippen LogP contribution in [0.2, 0.25) is 0 Å². The molecule has 1 heterocycles. The minimum atomic E-state index is -0.427. The lowest BCUT2D eigenvalue weighted by Gasteiger charge is -2.20. The van der Waals surface area contributed by atoms with Crippen LogP contribution >= 0.6 is 11.8 Å². The van der Waals surface area contributed by atoms with Crippen molar-refractivity contribution < 1.29 is 5.11 Å². The number of likely N-dealkylation sites (N-methyl/N-ethyl adjacent to an activating group) is 1. The van der Waals surface area contributed by atoms with E-state index in [1.165, 1.54) is 18.4 Å². The zero-order valence-corrected chi connectivity index (χ0v) is 16.9. The van der Waals surface area contributed by atoms with Gasteiger partial charge in [0.25, 0.3) is 0 Å². The number of aliphatic hydroxyl groups is 1. The van der Waals surface area contributed by atoms with Crippen molar-refractivity contribution in [3.05, 3.63) is 72.1 Å². The number of hydrogen-bond acceptors (Lipinski definition) is 5. The Kier molecular flexibility index (Phi) is 6.10. The summed E-state index contributed by atoms with van der Waals surface area (Å²) in [5.74, 6) is 2.16. The first-order valence-electron chi connectivity index (χ1n) is 9.75. The molecule has 1 aromatic heterocycles. The molecule has 1 fully saturated rings. The van der Waals surface area contributed by atoms with Crippen molar-refractivity contribution in [3.8, 4) is 5.69 Å². The van der Waals surface area contributed by atoms with E-state index in [0.29, 0.717) is 18.2 Å². The van der Waals surface area contributed by atoms with E-state index >= 15 is 0 Å². The normalized spacial score (nSPS) is 15.1. The molecule has 1 aliphatic rings. The first kappa shape index (κ1) is 19.2. The monoisotopic (exact) mass is 394 g/mol. The van der Waals surface area contributed by atoms with Crippen molar-refractivity contribution >= 4 is 11.8 Å². The maximum atomic E-state index is 10.5. The Labute approximate surface area is 170 Å². The van der Waals surface area contributed by atoms with Crippen LogP contribution in [0, 0.1) is 0 Å². The predicted molar refractivity (Wildman–Crippen MR) is 113 cm³/mol. The van der Waals surface area contributed by atoms with Crippen LogP contribution in [-0.4, -0.2) is 50.2 Å². The van der Waals surface area contributed by atoms with Gasteiger partial charge in [0.05, 0.1) is 6.10 Å². The van der Waals surface area contributed by atoms with Gasteiger partial charge in [-0.1, -0.05) is 60.3 Å². The molecule has 146 valence electrons. The van der Waals surface area contributed by atoms with Crippen LogP contribution in [0.5, 0.6) is 0 Å². The average molecular weight is 395 g/mol. The highest BCUT2D eigenvalue weighted by Gasteiger charge is 2.31. The molecule has 4 rings (SSSR count). The Morgan fingerprint density at radius 1 is 1.07 bits per heavy atom. The van der Waals surface area contributed by atoms with E-state index < -0.39 is 6.10 Å². The van der Waals surface area contributed by atoms with E-state index in [1.54, 1.807) is 11.8 Å². The number of aromatic nitrogens is 3. The largest absolute Gasteiger partial charge is 0.391 e.